The molecule has 18 heavy (non-hydrogen) atoms. The second-order valence-electron chi connectivity index (χ2n) is 3.57. The second kappa shape index (κ2) is 5.10. The fourth-order valence-electron chi connectivity index (χ4n) is 1.59. The quantitative estimate of drug-likeness (QED) is 0.921. The predicted octanol–water partition coefficient (Wildman–Crippen LogP) is 3.13. The molecule has 0 aliphatic carbocycles. The third kappa shape index (κ3) is 2.31. The summed E-state index contributed by atoms with van der Waals surface area (Å²) < 4.78 is 10.4. The molecular weight excluding hydrogens is 252 g/mol. The van der Waals surface area contributed by atoms with Crippen LogP contribution in [0.15, 0.2) is 29.6 Å². The zero-order chi connectivity index (χ0) is 13.1. The molecule has 5 heteroatoms. The summed E-state index contributed by atoms with van der Waals surface area (Å²) in [6.45, 7) is 0. The van der Waals surface area contributed by atoms with Crippen molar-refractivity contribution >= 4 is 17.3 Å². The monoisotopic (exact) mass is 264 g/mol. The highest BCUT2D eigenvalue weighted by Crippen LogP contribution is 2.34. The Labute approximate surface area is 108 Å². The van der Waals surface area contributed by atoms with Crippen LogP contribution in [0.25, 0.3) is 10.4 Å². The molecule has 4 nitrogen and oxygen atoms in total. The molecule has 0 aliphatic heterocycles. The maximum atomic E-state index is 10.8. The number of rotatable bonds is 4. The molecule has 0 saturated heterocycles. The number of aromatic carboxylic acids is 1. The third-order valence-corrected chi connectivity index (χ3v) is 3.49. The van der Waals surface area contributed by atoms with Crippen molar-refractivity contribution in [1.82, 2.24) is 0 Å². The number of hydrogen-bond acceptors (Lipinski definition) is 4. The number of carboxylic acids is 1. The van der Waals surface area contributed by atoms with Crippen LogP contribution in [0.3, 0.4) is 0 Å². The summed E-state index contributed by atoms with van der Waals surface area (Å²) in [6.07, 6.45) is 0. The van der Waals surface area contributed by atoms with E-state index in [1.807, 2.05) is 12.1 Å². The zero-order valence-electron chi connectivity index (χ0n) is 9.97. The van der Waals surface area contributed by atoms with Crippen molar-refractivity contribution in [2.45, 2.75) is 0 Å². The van der Waals surface area contributed by atoms with Crippen molar-refractivity contribution in [3.05, 3.63) is 35.2 Å². The smallest absolute Gasteiger partial charge is 0.336 e. The van der Waals surface area contributed by atoms with Gasteiger partial charge in [-0.1, -0.05) is 0 Å². The van der Waals surface area contributed by atoms with Gasteiger partial charge < -0.3 is 14.6 Å². The van der Waals surface area contributed by atoms with Crippen molar-refractivity contribution in [3.63, 3.8) is 0 Å². The lowest BCUT2D eigenvalue weighted by Gasteiger charge is -2.08. The van der Waals surface area contributed by atoms with Crippen LogP contribution < -0.4 is 9.47 Å². The molecule has 1 heterocycles. The van der Waals surface area contributed by atoms with Crippen LogP contribution in [0, 0.1) is 0 Å². The van der Waals surface area contributed by atoms with E-state index in [2.05, 4.69) is 0 Å². The maximum absolute atomic E-state index is 10.8. The number of carbonyl (C=O) groups is 1. The number of carboxylic acid groups (broad SMARTS) is 1. The highest BCUT2D eigenvalue weighted by atomic mass is 32.1. The van der Waals surface area contributed by atoms with E-state index in [-0.39, 0.29) is 0 Å². The van der Waals surface area contributed by atoms with Gasteiger partial charge in [0.25, 0.3) is 0 Å². The molecule has 1 N–H and O–H groups in total. The van der Waals surface area contributed by atoms with Gasteiger partial charge in [0.05, 0.1) is 19.8 Å². The molecule has 0 bridgehead atoms. The molecule has 0 amide bonds. The first-order chi connectivity index (χ1) is 8.65. The minimum Gasteiger partial charge on any atom is -0.493 e. The van der Waals surface area contributed by atoms with Crippen LogP contribution in [0.2, 0.25) is 0 Å². The molecule has 0 saturated carbocycles. The lowest BCUT2D eigenvalue weighted by molar-refractivity contribution is 0.0697. The summed E-state index contributed by atoms with van der Waals surface area (Å²) in [4.78, 5) is 11.7. The van der Waals surface area contributed by atoms with E-state index in [0.717, 1.165) is 10.4 Å². The number of hydrogen-bond donors (Lipinski definition) is 1. The number of methoxy groups -OCH3 is 2. The Hall–Kier alpha value is -2.01. The second-order valence-corrected chi connectivity index (χ2v) is 4.49. The Morgan fingerprint density at radius 1 is 1.17 bits per heavy atom. The third-order valence-electron chi connectivity index (χ3n) is 2.51. The molecule has 1 aromatic heterocycles. The molecule has 94 valence electrons. The summed E-state index contributed by atoms with van der Waals surface area (Å²) in [5.41, 5.74) is 1.20. The van der Waals surface area contributed by atoms with Crippen LogP contribution in [0.4, 0.5) is 0 Å². The van der Waals surface area contributed by atoms with Crippen molar-refractivity contribution in [2.24, 2.45) is 0 Å². The Bertz CT molecular complexity index is 574. The van der Waals surface area contributed by atoms with Gasteiger partial charge in [-0.05, 0) is 29.8 Å². The predicted molar refractivity (Wildman–Crippen MR) is 69.8 cm³/mol. The van der Waals surface area contributed by atoms with Gasteiger partial charge in [0, 0.05) is 10.3 Å². The van der Waals surface area contributed by atoms with Crippen LogP contribution in [0.5, 0.6) is 11.5 Å². The molecule has 0 spiro atoms. The fourth-order valence-corrected chi connectivity index (χ4v) is 2.47. The lowest BCUT2D eigenvalue weighted by Crippen LogP contribution is -1.92. The largest absolute Gasteiger partial charge is 0.493 e. The van der Waals surface area contributed by atoms with E-state index >= 15 is 0 Å². The van der Waals surface area contributed by atoms with Gasteiger partial charge >= 0.3 is 5.97 Å². The fraction of sp³-hybridized carbons (Fsp3) is 0.154. The van der Waals surface area contributed by atoms with Gasteiger partial charge in [-0.15, -0.1) is 11.3 Å². The minimum absolute atomic E-state index is 0.296. The molecule has 2 aromatic rings. The topological polar surface area (TPSA) is 55.8 Å². The number of benzene rings is 1. The SMILES string of the molecule is COc1ccc(-c2cc(C(=O)O)cs2)cc1OC. The van der Waals surface area contributed by atoms with Crippen molar-refractivity contribution in [1.29, 1.82) is 0 Å². The maximum Gasteiger partial charge on any atom is 0.336 e. The Balaban J connectivity index is 2.41. The van der Waals surface area contributed by atoms with Crippen molar-refractivity contribution < 1.29 is 19.4 Å². The van der Waals surface area contributed by atoms with E-state index in [1.54, 1.807) is 31.7 Å². The van der Waals surface area contributed by atoms with Crippen LogP contribution in [-0.4, -0.2) is 25.3 Å². The highest BCUT2D eigenvalue weighted by Gasteiger charge is 2.10. The molecule has 0 fully saturated rings. The van der Waals surface area contributed by atoms with Gasteiger partial charge in [0.1, 0.15) is 0 Å². The summed E-state index contributed by atoms with van der Waals surface area (Å²) >= 11 is 1.39. The normalized spacial score (nSPS) is 10.1. The van der Waals surface area contributed by atoms with E-state index in [1.165, 1.54) is 11.3 Å². The van der Waals surface area contributed by atoms with E-state index in [9.17, 15) is 4.79 Å². The zero-order valence-corrected chi connectivity index (χ0v) is 10.8. The number of ether oxygens (including phenoxy) is 2. The van der Waals surface area contributed by atoms with Gasteiger partial charge in [-0.3, -0.25) is 0 Å². The highest BCUT2D eigenvalue weighted by molar-refractivity contribution is 7.13. The summed E-state index contributed by atoms with van der Waals surface area (Å²) in [5.74, 6) is 0.356. The Morgan fingerprint density at radius 2 is 1.89 bits per heavy atom. The molecule has 1 aromatic carbocycles. The van der Waals surface area contributed by atoms with Gasteiger partial charge in [-0.2, -0.15) is 0 Å². The van der Waals surface area contributed by atoms with E-state index in [0.29, 0.717) is 17.1 Å². The average Bonchev–Trinajstić information content (AvgIpc) is 2.87. The first-order valence-electron chi connectivity index (χ1n) is 5.20. The lowest BCUT2D eigenvalue weighted by atomic mass is 10.1. The van der Waals surface area contributed by atoms with Gasteiger partial charge in [0.2, 0.25) is 0 Å². The first-order valence-corrected chi connectivity index (χ1v) is 6.08. The van der Waals surface area contributed by atoms with Crippen LogP contribution in [-0.2, 0) is 0 Å². The Morgan fingerprint density at radius 3 is 2.44 bits per heavy atom. The first kappa shape index (κ1) is 12.4. The minimum atomic E-state index is -0.919. The molecule has 0 aliphatic rings. The van der Waals surface area contributed by atoms with Gasteiger partial charge in [-0.25, -0.2) is 4.79 Å². The van der Waals surface area contributed by atoms with Crippen molar-refractivity contribution in [3.8, 4) is 21.9 Å². The van der Waals surface area contributed by atoms with Crippen LogP contribution in [0.1, 0.15) is 10.4 Å². The van der Waals surface area contributed by atoms with E-state index in [4.69, 9.17) is 14.6 Å². The van der Waals surface area contributed by atoms with E-state index < -0.39 is 5.97 Å². The number of thiophene rings is 1. The molecule has 2 rings (SSSR count). The average molecular weight is 264 g/mol. The van der Waals surface area contributed by atoms with Crippen molar-refractivity contribution in [2.75, 3.05) is 14.2 Å². The summed E-state index contributed by atoms with van der Waals surface area (Å²) in [5, 5.41) is 10.5. The molecular formula is C13H12O4S. The molecule has 0 atom stereocenters. The molecule has 0 radical (unpaired) electrons. The molecule has 0 unspecified atom stereocenters. The standard InChI is InChI=1S/C13H12O4S/c1-16-10-4-3-8(5-11(10)17-2)12-6-9(7-18-12)13(14)15/h3-7H,1-2H3,(H,14,15). The Kier molecular flexibility index (Phi) is 3.53. The summed E-state index contributed by atoms with van der Waals surface area (Å²) in [7, 11) is 3.14. The van der Waals surface area contributed by atoms with Crippen LogP contribution >= 0.6 is 11.3 Å². The van der Waals surface area contributed by atoms with Gasteiger partial charge in [0.15, 0.2) is 11.5 Å². The summed E-state index contributed by atoms with van der Waals surface area (Å²) in [6, 6.07) is 7.15.